The van der Waals surface area contributed by atoms with Crippen molar-refractivity contribution in [2.24, 2.45) is 11.7 Å². The Bertz CT molecular complexity index is 1180. The van der Waals surface area contributed by atoms with E-state index in [1.54, 1.807) is 0 Å². The predicted molar refractivity (Wildman–Crippen MR) is 143 cm³/mol. The van der Waals surface area contributed by atoms with Crippen molar-refractivity contribution in [1.82, 2.24) is 10.3 Å². The molecule has 1 fully saturated rings. The molecule has 1 amide bonds. The molecule has 2 aromatic carbocycles. The largest absolute Gasteiger partial charge is 0.492 e. The molecule has 1 saturated heterocycles. The number of benzene rings is 2. The van der Waals surface area contributed by atoms with E-state index in [9.17, 15) is 4.79 Å². The number of ether oxygens (including phenoxy) is 2. The number of fused-ring (bicyclic) bond motifs is 1. The number of rotatable bonds is 8. The zero-order valence-electron chi connectivity index (χ0n) is 21.6. The minimum Gasteiger partial charge on any atom is -0.492 e. The maximum Gasteiger partial charge on any atom is 0.300 e. The first kappa shape index (κ1) is 30.2. The summed E-state index contributed by atoms with van der Waals surface area (Å²) in [5.74, 6) is -0.706. The normalized spacial score (nSPS) is 15.9. The summed E-state index contributed by atoms with van der Waals surface area (Å²) in [4.78, 5) is 35.1. The van der Waals surface area contributed by atoms with Gasteiger partial charge in [-0.25, -0.2) is 0 Å². The first-order valence-electron chi connectivity index (χ1n) is 12.2. The highest BCUT2D eigenvalue weighted by atomic mass is 16.5. The number of carbonyl (C=O) groups excluding carboxylic acids is 1. The Kier molecular flexibility index (Phi) is 12.7. The zero-order chi connectivity index (χ0) is 27.9. The van der Waals surface area contributed by atoms with E-state index in [1.165, 1.54) is 5.56 Å². The van der Waals surface area contributed by atoms with E-state index in [0.29, 0.717) is 32.8 Å². The van der Waals surface area contributed by atoms with Crippen LogP contribution in [0.2, 0.25) is 0 Å². The van der Waals surface area contributed by atoms with Crippen LogP contribution >= 0.6 is 0 Å². The SMILES string of the molecule is CC(=O)O.CC(=O)O.NCCOc1cccc(CC(=O)N[C@H]2COC[C@H]2Cc2ccnc3ccccc23)c1. The molecule has 10 nitrogen and oxygen atoms in total. The fourth-order valence-corrected chi connectivity index (χ4v) is 3.94. The molecule has 0 unspecified atom stereocenters. The molecule has 0 radical (unpaired) electrons. The summed E-state index contributed by atoms with van der Waals surface area (Å²) in [5, 5.41) is 19.2. The van der Waals surface area contributed by atoms with E-state index < -0.39 is 11.9 Å². The average molecular weight is 526 g/mol. The molecular weight excluding hydrogens is 490 g/mol. The van der Waals surface area contributed by atoms with E-state index in [4.69, 9.17) is 35.0 Å². The minimum atomic E-state index is -0.833. The molecule has 0 bridgehead atoms. The maximum atomic E-state index is 12.7. The van der Waals surface area contributed by atoms with Crippen molar-refractivity contribution < 1.29 is 34.1 Å². The van der Waals surface area contributed by atoms with Gasteiger partial charge >= 0.3 is 0 Å². The van der Waals surface area contributed by atoms with Gasteiger partial charge in [-0.05, 0) is 41.8 Å². The molecule has 4 rings (SSSR count). The molecule has 1 aromatic heterocycles. The first-order valence-corrected chi connectivity index (χ1v) is 12.2. The lowest BCUT2D eigenvalue weighted by molar-refractivity contribution is -0.135. The molecule has 1 aliphatic heterocycles. The number of amides is 1. The highest BCUT2D eigenvalue weighted by Crippen LogP contribution is 2.24. The third-order valence-electron chi connectivity index (χ3n) is 5.42. The van der Waals surface area contributed by atoms with Crippen LogP contribution in [0.4, 0.5) is 0 Å². The summed E-state index contributed by atoms with van der Waals surface area (Å²) in [5.41, 5.74) is 8.62. The zero-order valence-corrected chi connectivity index (χ0v) is 21.6. The lowest BCUT2D eigenvalue weighted by Crippen LogP contribution is -2.41. The molecular formula is C28H35N3O7. The van der Waals surface area contributed by atoms with E-state index >= 15 is 0 Å². The third-order valence-corrected chi connectivity index (χ3v) is 5.42. The molecule has 5 N–H and O–H groups in total. The summed E-state index contributed by atoms with van der Waals surface area (Å²) in [6, 6.07) is 17.8. The number of aliphatic carboxylic acids is 2. The highest BCUT2D eigenvalue weighted by molar-refractivity contribution is 5.82. The topological polar surface area (TPSA) is 161 Å². The van der Waals surface area contributed by atoms with Crippen molar-refractivity contribution in [2.75, 3.05) is 26.4 Å². The first-order chi connectivity index (χ1) is 18.2. The Morgan fingerprint density at radius 3 is 2.47 bits per heavy atom. The van der Waals surface area contributed by atoms with E-state index in [-0.39, 0.29) is 17.9 Å². The van der Waals surface area contributed by atoms with Gasteiger partial charge in [0.15, 0.2) is 0 Å². The maximum absolute atomic E-state index is 12.7. The third kappa shape index (κ3) is 10.9. The molecule has 3 aromatic rings. The molecule has 38 heavy (non-hydrogen) atoms. The van der Waals surface area contributed by atoms with Crippen molar-refractivity contribution in [3.63, 3.8) is 0 Å². The van der Waals surface area contributed by atoms with Gasteiger partial charge in [-0.15, -0.1) is 0 Å². The van der Waals surface area contributed by atoms with E-state index in [2.05, 4.69) is 22.4 Å². The van der Waals surface area contributed by atoms with Gasteiger partial charge in [-0.1, -0.05) is 30.3 Å². The number of para-hydroxylation sites is 1. The van der Waals surface area contributed by atoms with Crippen LogP contribution in [0.3, 0.4) is 0 Å². The van der Waals surface area contributed by atoms with Gasteiger partial charge in [-0.2, -0.15) is 0 Å². The van der Waals surface area contributed by atoms with Gasteiger partial charge in [0.2, 0.25) is 5.91 Å². The molecule has 10 heteroatoms. The Morgan fingerprint density at radius 2 is 1.76 bits per heavy atom. The molecule has 0 spiro atoms. The number of carboxylic acid groups (broad SMARTS) is 2. The van der Waals surface area contributed by atoms with Crippen LogP contribution in [0, 0.1) is 5.92 Å². The van der Waals surface area contributed by atoms with Gasteiger partial charge in [-0.3, -0.25) is 19.4 Å². The lowest BCUT2D eigenvalue weighted by Gasteiger charge is -2.20. The lowest BCUT2D eigenvalue weighted by atomic mass is 9.93. The van der Waals surface area contributed by atoms with Crippen LogP contribution in [-0.2, 0) is 32.0 Å². The number of aromatic nitrogens is 1. The van der Waals surface area contributed by atoms with Gasteiger partial charge < -0.3 is 30.7 Å². The van der Waals surface area contributed by atoms with Crippen LogP contribution in [-0.4, -0.2) is 65.5 Å². The summed E-state index contributed by atoms with van der Waals surface area (Å²) in [7, 11) is 0. The number of carboxylic acids is 2. The van der Waals surface area contributed by atoms with Gasteiger partial charge in [0, 0.05) is 37.9 Å². The summed E-state index contributed by atoms with van der Waals surface area (Å²) in [6.45, 7) is 4.27. The van der Waals surface area contributed by atoms with Crippen LogP contribution < -0.4 is 15.8 Å². The number of hydrogen-bond acceptors (Lipinski definition) is 7. The second-order valence-corrected chi connectivity index (χ2v) is 8.66. The summed E-state index contributed by atoms with van der Waals surface area (Å²) < 4.78 is 11.3. The number of pyridine rings is 1. The standard InChI is InChI=1S/C24H27N3O3.2C2H4O2/c25-9-11-30-20-5-3-4-17(12-20)13-24(28)27-23-16-29-15-19(23)14-18-8-10-26-22-7-2-1-6-21(18)22;2*1-2(3)4/h1-8,10,12,19,23H,9,11,13-16,25H2,(H,27,28);2*1H3,(H,3,4)/t19-,23+;;/m1../s1. The minimum absolute atomic E-state index is 0.00102. The number of hydrogen-bond donors (Lipinski definition) is 4. The van der Waals surface area contributed by atoms with Crippen LogP contribution in [0.25, 0.3) is 10.9 Å². The van der Waals surface area contributed by atoms with Crippen molar-refractivity contribution in [1.29, 1.82) is 0 Å². The summed E-state index contributed by atoms with van der Waals surface area (Å²) in [6.07, 6.45) is 3.00. The van der Waals surface area contributed by atoms with Gasteiger partial charge in [0.05, 0.1) is 31.2 Å². The molecule has 0 aliphatic carbocycles. The average Bonchev–Trinajstić information content (AvgIpc) is 3.28. The van der Waals surface area contributed by atoms with Crippen LogP contribution in [0.1, 0.15) is 25.0 Å². The number of nitrogens with one attached hydrogen (secondary N) is 1. The van der Waals surface area contributed by atoms with Crippen molar-refractivity contribution >= 4 is 28.7 Å². The number of nitrogens with zero attached hydrogens (tertiary/aromatic N) is 1. The smallest absolute Gasteiger partial charge is 0.300 e. The Hall–Kier alpha value is -4.02. The molecule has 0 saturated carbocycles. The molecule has 2 heterocycles. The quantitative estimate of drug-likeness (QED) is 0.346. The Morgan fingerprint density at radius 1 is 1.05 bits per heavy atom. The molecule has 204 valence electrons. The second kappa shape index (κ2) is 16.0. The predicted octanol–water partition coefficient (Wildman–Crippen LogP) is 2.67. The van der Waals surface area contributed by atoms with E-state index in [0.717, 1.165) is 42.5 Å². The van der Waals surface area contributed by atoms with Crippen LogP contribution in [0.15, 0.2) is 60.8 Å². The number of nitrogens with two attached hydrogens (primary N) is 1. The molecule has 2 atom stereocenters. The van der Waals surface area contributed by atoms with Gasteiger partial charge in [0.1, 0.15) is 12.4 Å². The highest BCUT2D eigenvalue weighted by Gasteiger charge is 2.30. The monoisotopic (exact) mass is 525 g/mol. The van der Waals surface area contributed by atoms with Crippen molar-refractivity contribution in [3.8, 4) is 5.75 Å². The van der Waals surface area contributed by atoms with Crippen molar-refractivity contribution in [2.45, 2.75) is 32.7 Å². The molecule has 1 aliphatic rings. The van der Waals surface area contributed by atoms with Crippen LogP contribution in [0.5, 0.6) is 5.75 Å². The second-order valence-electron chi connectivity index (χ2n) is 8.66. The Balaban J connectivity index is 0.000000559. The van der Waals surface area contributed by atoms with Gasteiger partial charge in [0.25, 0.3) is 11.9 Å². The number of carbonyl (C=O) groups is 3. The Labute approximate surface area is 221 Å². The van der Waals surface area contributed by atoms with E-state index in [1.807, 2.05) is 48.7 Å². The fourth-order valence-electron chi connectivity index (χ4n) is 3.94. The fraction of sp³-hybridized carbons (Fsp3) is 0.357. The summed E-state index contributed by atoms with van der Waals surface area (Å²) >= 11 is 0. The van der Waals surface area contributed by atoms with Crippen molar-refractivity contribution in [3.05, 3.63) is 71.9 Å².